The maximum Gasteiger partial charge on any atom is 0.320 e. The minimum atomic E-state index is -3.69. The van der Waals surface area contributed by atoms with Gasteiger partial charge in [0.15, 0.2) is 0 Å². The topological polar surface area (TPSA) is 116 Å². The molecule has 0 radical (unpaired) electrons. The van der Waals surface area contributed by atoms with Crippen LogP contribution < -0.4 is 4.72 Å². The summed E-state index contributed by atoms with van der Waals surface area (Å²) in [5.41, 5.74) is 0.256. The summed E-state index contributed by atoms with van der Waals surface area (Å²) in [6.45, 7) is -0.453. The van der Waals surface area contributed by atoms with E-state index in [1.54, 1.807) is 0 Å². The number of hydrogen-bond donors (Lipinski definition) is 1. The molecule has 0 fully saturated rings. The van der Waals surface area contributed by atoms with Gasteiger partial charge >= 0.3 is 5.97 Å². The molecule has 8 nitrogen and oxygen atoms in total. The summed E-state index contributed by atoms with van der Waals surface area (Å²) in [4.78, 5) is 20.7. The largest absolute Gasteiger partial charge is 0.468 e. The van der Waals surface area contributed by atoms with Crippen LogP contribution in [0.3, 0.4) is 0 Å². The molecule has 1 aromatic carbocycles. The molecule has 19 heavy (non-hydrogen) atoms. The molecule has 0 saturated carbocycles. The summed E-state index contributed by atoms with van der Waals surface area (Å²) < 4.78 is 29.5. The predicted molar refractivity (Wildman–Crippen MR) is 65.7 cm³/mol. The Balaban J connectivity index is 2.67. The number of sulfonamides is 1. The van der Waals surface area contributed by atoms with Crippen molar-refractivity contribution >= 4 is 21.7 Å². The molecule has 0 aliphatic heterocycles. The van der Waals surface area contributed by atoms with E-state index in [0.29, 0.717) is 5.56 Å². The zero-order valence-corrected chi connectivity index (χ0v) is 10.8. The molecule has 104 valence electrons. The highest BCUT2D eigenvalue weighted by Crippen LogP contribution is 2.13. The Morgan fingerprint density at radius 2 is 1.95 bits per heavy atom. The lowest BCUT2D eigenvalue weighted by atomic mass is 10.2. The molecule has 0 unspecified atom stereocenters. The van der Waals surface area contributed by atoms with Gasteiger partial charge in [-0.2, -0.15) is 0 Å². The first-order chi connectivity index (χ1) is 8.84. The van der Waals surface area contributed by atoms with Crippen LogP contribution in [0.1, 0.15) is 5.56 Å². The molecule has 0 aliphatic carbocycles. The number of ether oxygens (including phenoxy) is 1. The second-order valence-electron chi connectivity index (χ2n) is 3.58. The average molecular weight is 288 g/mol. The lowest BCUT2D eigenvalue weighted by molar-refractivity contribution is -0.384. The van der Waals surface area contributed by atoms with E-state index >= 15 is 0 Å². The van der Waals surface area contributed by atoms with E-state index in [-0.39, 0.29) is 11.4 Å². The highest BCUT2D eigenvalue weighted by atomic mass is 32.2. The summed E-state index contributed by atoms with van der Waals surface area (Å²) >= 11 is 0. The lowest BCUT2D eigenvalue weighted by Gasteiger charge is -2.05. The molecule has 0 aromatic heterocycles. The fraction of sp³-hybridized carbons (Fsp3) is 0.300. The van der Waals surface area contributed by atoms with Crippen molar-refractivity contribution in [2.45, 2.75) is 5.75 Å². The van der Waals surface area contributed by atoms with Crippen molar-refractivity contribution in [3.05, 3.63) is 39.9 Å². The summed E-state index contributed by atoms with van der Waals surface area (Å²) in [5, 5.41) is 10.4. The summed E-state index contributed by atoms with van der Waals surface area (Å²) in [7, 11) is -2.55. The summed E-state index contributed by atoms with van der Waals surface area (Å²) in [6, 6.07) is 5.11. The molecule has 0 amide bonds. The number of rotatable bonds is 6. The second-order valence-corrected chi connectivity index (χ2v) is 5.39. The Morgan fingerprint density at radius 3 is 2.42 bits per heavy atom. The number of carbonyl (C=O) groups excluding carboxylic acids is 1. The van der Waals surface area contributed by atoms with Gasteiger partial charge in [0.1, 0.15) is 6.54 Å². The molecule has 0 bridgehead atoms. The van der Waals surface area contributed by atoms with E-state index in [4.69, 9.17) is 0 Å². The van der Waals surface area contributed by atoms with Crippen LogP contribution in [0.15, 0.2) is 24.3 Å². The quantitative estimate of drug-likeness (QED) is 0.453. The molecular weight excluding hydrogens is 276 g/mol. The van der Waals surface area contributed by atoms with Crippen molar-refractivity contribution in [1.82, 2.24) is 4.72 Å². The molecule has 0 heterocycles. The van der Waals surface area contributed by atoms with Gasteiger partial charge < -0.3 is 4.74 Å². The monoisotopic (exact) mass is 288 g/mol. The van der Waals surface area contributed by atoms with Gasteiger partial charge in [0.05, 0.1) is 17.8 Å². The number of nitro groups is 1. The number of carbonyl (C=O) groups is 1. The van der Waals surface area contributed by atoms with Gasteiger partial charge in [-0.3, -0.25) is 14.9 Å². The predicted octanol–water partition coefficient (Wildman–Crippen LogP) is 0.187. The van der Waals surface area contributed by atoms with Crippen molar-refractivity contribution in [3.8, 4) is 0 Å². The Kier molecular flexibility index (Phi) is 4.95. The zero-order valence-electron chi connectivity index (χ0n) is 10.0. The molecule has 1 N–H and O–H groups in total. The molecule has 0 saturated heterocycles. The maximum absolute atomic E-state index is 11.6. The van der Waals surface area contributed by atoms with Gasteiger partial charge in [0, 0.05) is 12.1 Å². The van der Waals surface area contributed by atoms with E-state index in [1.807, 2.05) is 0 Å². The number of benzene rings is 1. The van der Waals surface area contributed by atoms with Crippen molar-refractivity contribution in [2.24, 2.45) is 0 Å². The van der Waals surface area contributed by atoms with Crippen molar-refractivity contribution in [2.75, 3.05) is 13.7 Å². The Labute approximate surface area is 109 Å². The first-order valence-corrected chi connectivity index (χ1v) is 6.77. The number of nitrogens with one attached hydrogen (secondary N) is 1. The Bertz CT molecular complexity index is 566. The minimum Gasteiger partial charge on any atom is -0.468 e. The third-order valence-corrected chi connectivity index (χ3v) is 3.47. The number of nitrogens with zero attached hydrogens (tertiary/aromatic N) is 1. The molecule has 1 aromatic rings. The Hall–Kier alpha value is -2.00. The van der Waals surface area contributed by atoms with E-state index in [2.05, 4.69) is 9.46 Å². The highest BCUT2D eigenvalue weighted by Gasteiger charge is 2.14. The smallest absolute Gasteiger partial charge is 0.320 e. The van der Waals surface area contributed by atoms with Crippen molar-refractivity contribution < 1.29 is 22.9 Å². The number of esters is 1. The van der Waals surface area contributed by atoms with Crippen LogP contribution in [-0.2, 0) is 25.3 Å². The summed E-state index contributed by atoms with van der Waals surface area (Å²) in [6.07, 6.45) is 0. The number of non-ortho nitro benzene ring substituents is 1. The molecule has 0 spiro atoms. The van der Waals surface area contributed by atoms with Crippen LogP contribution in [0.5, 0.6) is 0 Å². The van der Waals surface area contributed by atoms with Crippen LogP contribution in [-0.4, -0.2) is 33.0 Å². The van der Waals surface area contributed by atoms with Gasteiger partial charge in [0.25, 0.3) is 5.69 Å². The van der Waals surface area contributed by atoms with Gasteiger partial charge in [-0.1, -0.05) is 12.1 Å². The van der Waals surface area contributed by atoms with Gasteiger partial charge in [-0.05, 0) is 5.56 Å². The first kappa shape index (κ1) is 15.1. The molecule has 1 rings (SSSR count). The third-order valence-electron chi connectivity index (χ3n) is 2.17. The third kappa shape index (κ3) is 5.02. The minimum absolute atomic E-state index is 0.122. The van der Waals surface area contributed by atoms with Gasteiger partial charge in [0.2, 0.25) is 10.0 Å². The molecule has 0 aliphatic rings. The normalized spacial score (nSPS) is 11.0. The first-order valence-electron chi connectivity index (χ1n) is 5.11. The lowest BCUT2D eigenvalue weighted by Crippen LogP contribution is -2.31. The maximum atomic E-state index is 11.6. The Morgan fingerprint density at radius 1 is 1.37 bits per heavy atom. The van der Waals surface area contributed by atoms with Crippen LogP contribution in [0.25, 0.3) is 0 Å². The van der Waals surface area contributed by atoms with E-state index in [9.17, 15) is 23.3 Å². The van der Waals surface area contributed by atoms with E-state index in [1.165, 1.54) is 24.3 Å². The van der Waals surface area contributed by atoms with Crippen molar-refractivity contribution in [1.29, 1.82) is 0 Å². The number of hydrogen-bond acceptors (Lipinski definition) is 6. The SMILES string of the molecule is COC(=O)CNS(=O)(=O)Cc1ccc([N+](=O)[O-])cc1. The molecule has 9 heteroatoms. The van der Waals surface area contributed by atoms with Crippen LogP contribution in [0.4, 0.5) is 5.69 Å². The van der Waals surface area contributed by atoms with E-state index in [0.717, 1.165) is 7.11 Å². The van der Waals surface area contributed by atoms with Crippen LogP contribution >= 0.6 is 0 Å². The van der Waals surface area contributed by atoms with Crippen LogP contribution in [0.2, 0.25) is 0 Å². The molecular formula is C10H12N2O6S. The van der Waals surface area contributed by atoms with E-state index < -0.39 is 27.5 Å². The fourth-order valence-corrected chi connectivity index (χ4v) is 2.30. The van der Waals surface area contributed by atoms with Crippen molar-refractivity contribution in [3.63, 3.8) is 0 Å². The van der Waals surface area contributed by atoms with Crippen LogP contribution in [0, 0.1) is 10.1 Å². The zero-order chi connectivity index (χ0) is 14.5. The van der Waals surface area contributed by atoms with Gasteiger partial charge in [-0.25, -0.2) is 13.1 Å². The molecule has 0 atom stereocenters. The highest BCUT2D eigenvalue weighted by molar-refractivity contribution is 7.88. The number of methoxy groups -OCH3 is 1. The number of nitro benzene ring substituents is 1. The second kappa shape index (κ2) is 6.25. The van der Waals surface area contributed by atoms with Gasteiger partial charge in [-0.15, -0.1) is 0 Å². The summed E-state index contributed by atoms with van der Waals surface area (Å²) in [5.74, 6) is -1.07. The fourth-order valence-electron chi connectivity index (χ4n) is 1.23. The standard InChI is InChI=1S/C10H12N2O6S/c1-18-10(13)6-11-19(16,17)7-8-2-4-9(5-3-8)12(14)15/h2-5,11H,6-7H2,1H3. The average Bonchev–Trinajstić information content (AvgIpc) is 2.36.